The van der Waals surface area contributed by atoms with Crippen molar-refractivity contribution in [1.82, 2.24) is 0 Å². The second kappa shape index (κ2) is 17.2. The normalized spacial score (nSPS) is 13.9. The zero-order chi connectivity index (χ0) is 30.5. The van der Waals surface area contributed by atoms with E-state index < -0.39 is 12.2 Å². The predicted molar refractivity (Wildman–Crippen MR) is 173 cm³/mol. The van der Waals surface area contributed by atoms with E-state index in [1.807, 2.05) is 39.8 Å². The fourth-order valence-electron chi connectivity index (χ4n) is 4.50. The Balaban J connectivity index is 0.000000503. The lowest BCUT2D eigenvalue weighted by Crippen LogP contribution is -2.31. The van der Waals surface area contributed by atoms with Gasteiger partial charge in [0.15, 0.2) is 5.88 Å². The largest absolute Gasteiger partial charge is 0.495 e. The van der Waals surface area contributed by atoms with Crippen LogP contribution in [0.3, 0.4) is 0 Å². The molecule has 0 saturated heterocycles. The Labute approximate surface area is 251 Å². The van der Waals surface area contributed by atoms with Crippen LogP contribution in [0.1, 0.15) is 77.5 Å². The number of rotatable bonds is 13. The monoisotopic (exact) mass is 581 g/mol. The minimum absolute atomic E-state index is 0.107. The van der Waals surface area contributed by atoms with E-state index in [-0.39, 0.29) is 17.9 Å². The summed E-state index contributed by atoms with van der Waals surface area (Å²) in [6, 6.07) is 20.8. The van der Waals surface area contributed by atoms with Gasteiger partial charge in [0.25, 0.3) is 0 Å². The zero-order valence-corrected chi connectivity index (χ0v) is 26.2. The first-order valence-electron chi connectivity index (χ1n) is 14.7. The number of halogens is 1. The number of hydrogen-bond donors (Lipinski definition) is 4. The number of aliphatic hydroxyl groups excluding tert-OH is 3. The molecule has 0 saturated carbocycles. The minimum Gasteiger partial charge on any atom is -0.495 e. The summed E-state index contributed by atoms with van der Waals surface area (Å²) in [5.41, 5.74) is 7.26. The van der Waals surface area contributed by atoms with E-state index in [1.54, 1.807) is 0 Å². The summed E-state index contributed by atoms with van der Waals surface area (Å²) in [5.74, 6) is 0.0967. The van der Waals surface area contributed by atoms with Crippen LogP contribution in [-0.2, 0) is 4.74 Å². The van der Waals surface area contributed by atoms with Crippen molar-refractivity contribution < 1.29 is 20.1 Å². The molecule has 3 aromatic rings. The van der Waals surface area contributed by atoms with E-state index in [0.717, 1.165) is 53.8 Å². The van der Waals surface area contributed by atoms with Crippen molar-refractivity contribution in [1.29, 1.82) is 0 Å². The number of aliphatic hydroxyl groups is 3. The Hall–Kier alpha value is -2.83. The van der Waals surface area contributed by atoms with Crippen LogP contribution in [0.25, 0.3) is 22.3 Å². The molecule has 4 N–H and O–H groups in total. The fraction of sp³-hybridized carbons (Fsp3) is 0.429. The highest BCUT2D eigenvalue weighted by molar-refractivity contribution is 6.33. The van der Waals surface area contributed by atoms with Gasteiger partial charge in [0, 0.05) is 17.9 Å². The SMILES string of the molecule is C=C(O)Nc1cc(Cl)c(-c2ccc(-c3ccc(C(CC)OCCC)cc3)cc2)cc1C.CC[C@@H](C)C(O)[C@H](O)CC. The average Bonchev–Trinajstić information content (AvgIpc) is 2.98. The summed E-state index contributed by atoms with van der Waals surface area (Å²) in [7, 11) is 0. The average molecular weight is 582 g/mol. The molecule has 6 heteroatoms. The smallest absolute Gasteiger partial charge is 0.181 e. The van der Waals surface area contributed by atoms with Crippen molar-refractivity contribution in [3.05, 3.63) is 89.3 Å². The molecule has 3 aromatic carbocycles. The third kappa shape index (κ3) is 10.2. The Bertz CT molecular complexity index is 1200. The van der Waals surface area contributed by atoms with Gasteiger partial charge in [0.2, 0.25) is 0 Å². The van der Waals surface area contributed by atoms with E-state index in [2.05, 4.69) is 74.3 Å². The van der Waals surface area contributed by atoms with Gasteiger partial charge >= 0.3 is 0 Å². The number of ether oxygens (including phenoxy) is 1. The van der Waals surface area contributed by atoms with Crippen LogP contribution in [0.4, 0.5) is 5.69 Å². The molecule has 0 amide bonds. The van der Waals surface area contributed by atoms with Gasteiger partial charge in [-0.15, -0.1) is 0 Å². The molecule has 0 heterocycles. The summed E-state index contributed by atoms with van der Waals surface area (Å²) >= 11 is 6.51. The van der Waals surface area contributed by atoms with E-state index in [1.165, 1.54) is 11.1 Å². The number of aryl methyl sites for hydroxylation is 1. The quantitative estimate of drug-likeness (QED) is 0.151. The van der Waals surface area contributed by atoms with Crippen molar-refractivity contribution in [3.63, 3.8) is 0 Å². The standard InChI is InChI=1S/C27H30ClNO2.C8H18O2/c1-5-15-31-27(6-2)23-13-9-21(10-14-23)20-7-11-22(12-8-20)24-16-18(3)26(17-25(24)28)29-19(4)30;1-4-6(3)8(10)7(9)5-2/h7-14,16-17,27,29-30H,4-6,15H2,1-3H3;6-10H,4-5H2,1-3H3/t;6-,7-,8?/m.1/s1. The van der Waals surface area contributed by atoms with Crippen molar-refractivity contribution >= 4 is 17.3 Å². The van der Waals surface area contributed by atoms with Gasteiger partial charge in [0.1, 0.15) is 0 Å². The van der Waals surface area contributed by atoms with Crippen molar-refractivity contribution in [2.45, 2.75) is 85.5 Å². The van der Waals surface area contributed by atoms with E-state index in [4.69, 9.17) is 16.3 Å². The zero-order valence-electron chi connectivity index (χ0n) is 25.5. The molecule has 41 heavy (non-hydrogen) atoms. The predicted octanol–water partition coefficient (Wildman–Crippen LogP) is 9.47. The Morgan fingerprint density at radius 2 is 1.44 bits per heavy atom. The second-order valence-electron chi connectivity index (χ2n) is 10.5. The van der Waals surface area contributed by atoms with Crippen molar-refractivity contribution in [2.24, 2.45) is 5.92 Å². The van der Waals surface area contributed by atoms with Gasteiger partial charge in [-0.05, 0) is 78.6 Å². The van der Waals surface area contributed by atoms with Crippen LogP contribution in [0.5, 0.6) is 0 Å². The van der Waals surface area contributed by atoms with E-state index >= 15 is 0 Å². The van der Waals surface area contributed by atoms with Crippen LogP contribution in [0.2, 0.25) is 5.02 Å². The lowest BCUT2D eigenvalue weighted by Gasteiger charge is -2.21. The number of benzene rings is 3. The molecule has 0 aromatic heterocycles. The summed E-state index contributed by atoms with van der Waals surface area (Å²) in [6.45, 7) is 16.3. The molecule has 0 spiro atoms. The molecule has 5 nitrogen and oxygen atoms in total. The maximum Gasteiger partial charge on any atom is 0.181 e. The van der Waals surface area contributed by atoms with Gasteiger partial charge in [-0.2, -0.15) is 0 Å². The fourth-order valence-corrected chi connectivity index (χ4v) is 4.77. The highest BCUT2D eigenvalue weighted by atomic mass is 35.5. The van der Waals surface area contributed by atoms with E-state index in [0.29, 0.717) is 11.4 Å². The van der Waals surface area contributed by atoms with Gasteiger partial charge in [-0.1, -0.05) is 101 Å². The Morgan fingerprint density at radius 3 is 1.93 bits per heavy atom. The topological polar surface area (TPSA) is 82.0 Å². The summed E-state index contributed by atoms with van der Waals surface area (Å²) in [6.07, 6.45) is 2.60. The van der Waals surface area contributed by atoms with Gasteiger partial charge in [0.05, 0.1) is 23.3 Å². The molecule has 0 radical (unpaired) electrons. The number of hydrogen-bond acceptors (Lipinski definition) is 5. The van der Waals surface area contributed by atoms with Gasteiger partial charge in [-0.3, -0.25) is 0 Å². The third-order valence-corrected chi connectivity index (χ3v) is 7.65. The Kier molecular flexibility index (Phi) is 14.4. The molecule has 0 fully saturated rings. The molecule has 0 aliphatic carbocycles. The third-order valence-electron chi connectivity index (χ3n) is 7.34. The van der Waals surface area contributed by atoms with Crippen LogP contribution < -0.4 is 5.32 Å². The first-order valence-corrected chi connectivity index (χ1v) is 15.1. The number of nitrogens with one attached hydrogen (secondary N) is 1. The summed E-state index contributed by atoms with van der Waals surface area (Å²) in [4.78, 5) is 0. The summed E-state index contributed by atoms with van der Waals surface area (Å²) in [5, 5.41) is 31.3. The van der Waals surface area contributed by atoms with Crippen molar-refractivity contribution in [2.75, 3.05) is 11.9 Å². The van der Waals surface area contributed by atoms with Gasteiger partial charge in [-0.25, -0.2) is 0 Å². The molecule has 0 aliphatic rings. The van der Waals surface area contributed by atoms with Crippen LogP contribution in [-0.4, -0.2) is 34.1 Å². The van der Waals surface area contributed by atoms with Crippen LogP contribution in [0.15, 0.2) is 73.1 Å². The lowest BCUT2D eigenvalue weighted by atomic mass is 9.96. The highest BCUT2D eigenvalue weighted by Gasteiger charge is 2.19. The van der Waals surface area contributed by atoms with Crippen molar-refractivity contribution in [3.8, 4) is 22.3 Å². The minimum atomic E-state index is -0.546. The molecule has 224 valence electrons. The maximum absolute atomic E-state index is 9.39. The van der Waals surface area contributed by atoms with Gasteiger partial charge < -0.3 is 25.4 Å². The van der Waals surface area contributed by atoms with Crippen LogP contribution in [0, 0.1) is 12.8 Å². The second-order valence-corrected chi connectivity index (χ2v) is 10.9. The summed E-state index contributed by atoms with van der Waals surface area (Å²) < 4.78 is 5.95. The Morgan fingerprint density at radius 1 is 0.878 bits per heavy atom. The molecule has 2 unspecified atom stereocenters. The maximum atomic E-state index is 9.39. The lowest BCUT2D eigenvalue weighted by molar-refractivity contribution is -0.0149. The molecular formula is C35H48ClNO4. The molecule has 3 rings (SSSR count). The van der Waals surface area contributed by atoms with Crippen LogP contribution >= 0.6 is 11.6 Å². The first kappa shape index (κ1) is 34.4. The number of anilines is 1. The first-order chi connectivity index (χ1) is 19.6. The van der Waals surface area contributed by atoms with E-state index in [9.17, 15) is 15.3 Å². The molecular weight excluding hydrogens is 534 g/mol. The molecule has 0 aliphatic heterocycles. The molecule has 0 bridgehead atoms. The molecule has 4 atom stereocenters. The highest BCUT2D eigenvalue weighted by Crippen LogP contribution is 2.34.